The maximum absolute atomic E-state index is 3.44. The van der Waals surface area contributed by atoms with E-state index in [4.69, 9.17) is 0 Å². The fraction of sp³-hybridized carbons (Fsp3) is 0.625. The van der Waals surface area contributed by atoms with Crippen molar-refractivity contribution in [2.24, 2.45) is 0 Å². The van der Waals surface area contributed by atoms with Crippen LogP contribution in [-0.2, 0) is 6.54 Å². The van der Waals surface area contributed by atoms with Crippen molar-refractivity contribution in [2.45, 2.75) is 25.9 Å². The first kappa shape index (κ1) is 13.1. The summed E-state index contributed by atoms with van der Waals surface area (Å²) in [6.07, 6.45) is 1.34. The molecule has 0 radical (unpaired) electrons. The summed E-state index contributed by atoms with van der Waals surface area (Å²) in [5.74, 6) is 0. The summed E-state index contributed by atoms with van der Waals surface area (Å²) in [4.78, 5) is 5.29. The van der Waals surface area contributed by atoms with Crippen molar-refractivity contribution >= 4 is 0 Å². The molecular weight excluding hydrogens is 234 g/mol. The molecule has 104 valence electrons. The van der Waals surface area contributed by atoms with Crippen LogP contribution in [0.25, 0.3) is 0 Å². The van der Waals surface area contributed by atoms with Crippen molar-refractivity contribution in [1.82, 2.24) is 15.1 Å². The average molecular weight is 259 g/mol. The number of nitrogens with one attached hydrogen (secondary N) is 1. The van der Waals surface area contributed by atoms with Crippen molar-refractivity contribution in [1.29, 1.82) is 0 Å². The summed E-state index contributed by atoms with van der Waals surface area (Å²) in [5.41, 5.74) is 2.83. The smallest absolute Gasteiger partial charge is 0.0236 e. The van der Waals surface area contributed by atoms with Gasteiger partial charge in [0.05, 0.1) is 0 Å². The van der Waals surface area contributed by atoms with E-state index in [1.54, 1.807) is 0 Å². The molecule has 0 aromatic heterocycles. The Hall–Kier alpha value is -0.900. The van der Waals surface area contributed by atoms with Crippen LogP contribution < -0.4 is 5.32 Å². The summed E-state index contributed by atoms with van der Waals surface area (Å²) in [5, 5.41) is 3.44. The van der Waals surface area contributed by atoms with Crippen LogP contribution >= 0.6 is 0 Å². The highest BCUT2D eigenvalue weighted by molar-refractivity contribution is 5.22. The van der Waals surface area contributed by atoms with E-state index in [1.165, 1.54) is 43.7 Å². The van der Waals surface area contributed by atoms with Gasteiger partial charge in [-0.1, -0.05) is 29.8 Å². The Morgan fingerprint density at radius 2 is 2.05 bits per heavy atom. The molecule has 3 nitrogen and oxygen atoms in total. The van der Waals surface area contributed by atoms with E-state index >= 15 is 0 Å². The largest absolute Gasteiger partial charge is 0.314 e. The fourth-order valence-corrected chi connectivity index (χ4v) is 3.37. The van der Waals surface area contributed by atoms with Crippen LogP contribution in [-0.4, -0.2) is 55.1 Å². The minimum Gasteiger partial charge on any atom is -0.314 e. The average Bonchev–Trinajstić information content (AvgIpc) is 2.88. The molecule has 0 spiro atoms. The quantitative estimate of drug-likeness (QED) is 0.887. The Balaban J connectivity index is 1.54. The lowest BCUT2D eigenvalue weighted by molar-refractivity contribution is 0.170. The van der Waals surface area contributed by atoms with Gasteiger partial charge in [-0.3, -0.25) is 9.80 Å². The van der Waals surface area contributed by atoms with Crippen molar-refractivity contribution in [2.75, 3.05) is 39.3 Å². The number of rotatable bonds is 3. The van der Waals surface area contributed by atoms with E-state index in [2.05, 4.69) is 46.3 Å². The lowest BCUT2D eigenvalue weighted by atomic mass is 10.1. The van der Waals surface area contributed by atoms with E-state index in [9.17, 15) is 0 Å². The molecule has 2 fully saturated rings. The number of benzene rings is 1. The molecule has 2 aliphatic heterocycles. The molecule has 0 aliphatic carbocycles. The zero-order chi connectivity index (χ0) is 13.1. The first-order valence-corrected chi connectivity index (χ1v) is 7.54. The summed E-state index contributed by atoms with van der Waals surface area (Å²) in [6, 6.07) is 9.71. The highest BCUT2D eigenvalue weighted by Crippen LogP contribution is 2.18. The Morgan fingerprint density at radius 1 is 1.21 bits per heavy atom. The molecule has 2 aliphatic rings. The third-order valence-corrected chi connectivity index (χ3v) is 4.40. The van der Waals surface area contributed by atoms with Crippen molar-refractivity contribution in [3.8, 4) is 0 Å². The molecule has 1 aromatic carbocycles. The van der Waals surface area contributed by atoms with Crippen molar-refractivity contribution < 1.29 is 0 Å². The van der Waals surface area contributed by atoms with E-state index in [1.807, 2.05) is 0 Å². The highest BCUT2D eigenvalue weighted by Gasteiger charge is 2.28. The lowest BCUT2D eigenvalue weighted by Gasteiger charge is -2.32. The van der Waals surface area contributed by atoms with E-state index < -0.39 is 0 Å². The van der Waals surface area contributed by atoms with Gasteiger partial charge in [0.25, 0.3) is 0 Å². The molecule has 1 aromatic rings. The Kier molecular flexibility index (Phi) is 4.16. The lowest BCUT2D eigenvalue weighted by Crippen LogP contribution is -2.49. The van der Waals surface area contributed by atoms with Crippen LogP contribution in [0.5, 0.6) is 0 Å². The van der Waals surface area contributed by atoms with E-state index in [0.29, 0.717) is 0 Å². The summed E-state index contributed by atoms with van der Waals surface area (Å²) in [7, 11) is 0. The minimum atomic E-state index is 0.784. The van der Waals surface area contributed by atoms with Crippen LogP contribution in [0.2, 0.25) is 0 Å². The normalized spacial score (nSPS) is 25.8. The summed E-state index contributed by atoms with van der Waals surface area (Å²) >= 11 is 0. The maximum atomic E-state index is 3.44. The number of nitrogens with zero attached hydrogens (tertiary/aromatic N) is 2. The van der Waals surface area contributed by atoms with Gasteiger partial charge in [0, 0.05) is 51.9 Å². The first-order chi connectivity index (χ1) is 9.31. The van der Waals surface area contributed by atoms with Gasteiger partial charge in [-0.05, 0) is 18.9 Å². The molecular formula is C16H25N3. The molecule has 1 atom stereocenters. The minimum absolute atomic E-state index is 0.784. The monoisotopic (exact) mass is 259 g/mol. The molecule has 2 saturated heterocycles. The third kappa shape index (κ3) is 3.35. The van der Waals surface area contributed by atoms with Crippen LogP contribution in [0.3, 0.4) is 0 Å². The molecule has 1 unspecified atom stereocenters. The number of likely N-dealkylation sites (tertiary alicyclic amines) is 1. The predicted molar refractivity (Wildman–Crippen MR) is 79.3 cm³/mol. The molecule has 0 bridgehead atoms. The van der Waals surface area contributed by atoms with Crippen LogP contribution in [0.1, 0.15) is 17.5 Å². The summed E-state index contributed by atoms with van der Waals surface area (Å²) < 4.78 is 0. The molecule has 19 heavy (non-hydrogen) atoms. The van der Waals surface area contributed by atoms with Gasteiger partial charge >= 0.3 is 0 Å². The maximum Gasteiger partial charge on any atom is 0.0236 e. The number of piperazine rings is 1. The van der Waals surface area contributed by atoms with E-state index in [-0.39, 0.29) is 0 Å². The second-order valence-electron chi connectivity index (χ2n) is 5.95. The van der Waals surface area contributed by atoms with Crippen LogP contribution in [0.4, 0.5) is 0 Å². The highest BCUT2D eigenvalue weighted by atomic mass is 15.3. The standard InChI is InChI=1S/C16H25N3/c1-14-3-2-4-15(11-14)12-18-8-5-16(13-18)19-9-6-17-7-10-19/h2-4,11,16-17H,5-10,12-13H2,1H3. The van der Waals surface area contributed by atoms with Crippen molar-refractivity contribution in [3.63, 3.8) is 0 Å². The Labute approximate surface area is 116 Å². The topological polar surface area (TPSA) is 18.5 Å². The van der Waals surface area contributed by atoms with Gasteiger partial charge in [-0.15, -0.1) is 0 Å². The SMILES string of the molecule is Cc1cccc(CN2CCC(N3CCNCC3)C2)c1. The molecule has 0 saturated carbocycles. The molecule has 3 rings (SSSR count). The predicted octanol–water partition coefficient (Wildman–Crippen LogP) is 1.47. The Bertz CT molecular complexity index is 412. The molecule has 1 N–H and O–H groups in total. The zero-order valence-corrected chi connectivity index (χ0v) is 11.9. The van der Waals surface area contributed by atoms with Crippen LogP contribution in [0, 0.1) is 6.92 Å². The van der Waals surface area contributed by atoms with Gasteiger partial charge in [0.1, 0.15) is 0 Å². The second kappa shape index (κ2) is 6.04. The van der Waals surface area contributed by atoms with Crippen LogP contribution in [0.15, 0.2) is 24.3 Å². The van der Waals surface area contributed by atoms with Crippen molar-refractivity contribution in [3.05, 3.63) is 35.4 Å². The number of aryl methyl sites for hydroxylation is 1. The van der Waals surface area contributed by atoms with Gasteiger partial charge in [-0.2, -0.15) is 0 Å². The fourth-order valence-electron chi connectivity index (χ4n) is 3.37. The van der Waals surface area contributed by atoms with Gasteiger partial charge in [0.15, 0.2) is 0 Å². The third-order valence-electron chi connectivity index (χ3n) is 4.40. The van der Waals surface area contributed by atoms with Gasteiger partial charge < -0.3 is 5.32 Å². The zero-order valence-electron chi connectivity index (χ0n) is 11.9. The molecule has 3 heteroatoms. The first-order valence-electron chi connectivity index (χ1n) is 7.54. The van der Waals surface area contributed by atoms with E-state index in [0.717, 1.165) is 25.7 Å². The van der Waals surface area contributed by atoms with Gasteiger partial charge in [0.2, 0.25) is 0 Å². The summed E-state index contributed by atoms with van der Waals surface area (Å²) in [6.45, 7) is 10.6. The van der Waals surface area contributed by atoms with Gasteiger partial charge in [-0.25, -0.2) is 0 Å². The molecule has 0 amide bonds. The molecule has 2 heterocycles. The number of hydrogen-bond donors (Lipinski definition) is 1. The number of hydrogen-bond acceptors (Lipinski definition) is 3. The Morgan fingerprint density at radius 3 is 2.84 bits per heavy atom. The second-order valence-corrected chi connectivity index (χ2v) is 5.95.